The van der Waals surface area contributed by atoms with Gasteiger partial charge in [0.25, 0.3) is 0 Å². The average Bonchev–Trinajstić information content (AvgIpc) is 2.78. The van der Waals surface area contributed by atoms with E-state index in [0.717, 1.165) is 41.2 Å². The molecule has 5 nitrogen and oxygen atoms in total. The Balaban J connectivity index is 2.10. The summed E-state index contributed by atoms with van der Waals surface area (Å²) < 4.78 is 5.38. The molecule has 0 saturated carbocycles. The molecule has 0 amide bonds. The summed E-state index contributed by atoms with van der Waals surface area (Å²) in [7, 11) is 0. The van der Waals surface area contributed by atoms with E-state index in [0.29, 0.717) is 0 Å². The van der Waals surface area contributed by atoms with Crippen LogP contribution in [0.2, 0.25) is 0 Å². The van der Waals surface area contributed by atoms with E-state index in [-0.39, 0.29) is 23.8 Å². The lowest BCUT2D eigenvalue weighted by molar-refractivity contribution is -0.152. The van der Waals surface area contributed by atoms with Gasteiger partial charge >= 0.3 is 5.97 Å². The first-order chi connectivity index (χ1) is 14.6. The van der Waals surface area contributed by atoms with Crippen LogP contribution in [0.5, 0.6) is 0 Å². The van der Waals surface area contributed by atoms with Crippen LogP contribution in [-0.2, 0) is 9.53 Å². The summed E-state index contributed by atoms with van der Waals surface area (Å²) in [6.45, 7) is 1.84. The number of benzene rings is 2. The lowest BCUT2D eigenvalue weighted by Gasteiger charge is -2.45. The van der Waals surface area contributed by atoms with Crippen LogP contribution in [0.15, 0.2) is 65.4 Å². The molecule has 3 atom stereocenters. The van der Waals surface area contributed by atoms with E-state index in [1.807, 2.05) is 48.5 Å². The van der Waals surface area contributed by atoms with Crippen molar-refractivity contribution in [3.8, 4) is 12.1 Å². The average molecular weight is 397 g/mol. The normalized spacial score (nSPS) is 25.6. The Morgan fingerprint density at radius 2 is 2.00 bits per heavy atom. The highest BCUT2D eigenvalue weighted by atomic mass is 16.5. The zero-order valence-corrected chi connectivity index (χ0v) is 16.9. The van der Waals surface area contributed by atoms with Crippen LogP contribution in [-0.4, -0.2) is 12.6 Å². The van der Waals surface area contributed by atoms with Crippen molar-refractivity contribution in [3.05, 3.63) is 70.9 Å². The molecule has 0 radical (unpaired) electrons. The van der Waals surface area contributed by atoms with Gasteiger partial charge in [-0.1, -0.05) is 48.5 Å². The third kappa shape index (κ3) is 2.70. The smallest absolute Gasteiger partial charge is 0.333 e. The molecular weight excluding hydrogens is 374 g/mol. The molecule has 0 fully saturated rings. The highest BCUT2D eigenvalue weighted by molar-refractivity contribution is 5.91. The van der Waals surface area contributed by atoms with Gasteiger partial charge in [0.1, 0.15) is 6.07 Å². The number of hydrogen-bond acceptors (Lipinski definition) is 5. The fraction of sp³-hybridized carbons (Fsp3) is 0.320. The number of hydrogen-bond donors (Lipinski definition) is 1. The number of nitrogens with zero attached hydrogens (tertiary/aromatic N) is 2. The molecule has 0 spiro atoms. The molecule has 150 valence electrons. The second-order valence-corrected chi connectivity index (χ2v) is 7.78. The Bertz CT molecular complexity index is 1160. The van der Waals surface area contributed by atoms with Crippen LogP contribution >= 0.6 is 0 Å². The summed E-state index contributed by atoms with van der Waals surface area (Å²) in [5, 5.41) is 22.3. The number of esters is 1. The van der Waals surface area contributed by atoms with Gasteiger partial charge in [-0.2, -0.15) is 10.5 Å². The highest BCUT2D eigenvalue weighted by Crippen LogP contribution is 2.57. The standard InChI is InChI=1S/C25H23N3O2/c1-2-30-24(29)25(15-27)22(19-13-7-9-16-8-3-4-10-17(16)19)20-12-6-5-11-18(20)21(14-26)23(25)28/h3-4,7-11,13,20,22H,2,5-6,12,28H2,1H3/t20-,22-,25-/m0/s1. The fourth-order valence-electron chi connectivity index (χ4n) is 5.11. The van der Waals surface area contributed by atoms with Crippen molar-refractivity contribution in [3.63, 3.8) is 0 Å². The lowest BCUT2D eigenvalue weighted by Crippen LogP contribution is -2.49. The van der Waals surface area contributed by atoms with Crippen molar-refractivity contribution < 1.29 is 9.53 Å². The fourth-order valence-corrected chi connectivity index (χ4v) is 5.11. The number of carbonyl (C=O) groups excluding carboxylic acids is 1. The van der Waals surface area contributed by atoms with Gasteiger partial charge in [-0.25, -0.2) is 4.79 Å². The van der Waals surface area contributed by atoms with Gasteiger partial charge in [0.2, 0.25) is 5.41 Å². The number of fused-ring (bicyclic) bond motifs is 2. The summed E-state index contributed by atoms with van der Waals surface area (Å²) in [6, 6.07) is 18.2. The van der Waals surface area contributed by atoms with Crippen LogP contribution in [0, 0.1) is 34.0 Å². The third-order valence-corrected chi connectivity index (χ3v) is 6.38. The highest BCUT2D eigenvalue weighted by Gasteiger charge is 2.59. The van der Waals surface area contributed by atoms with Gasteiger partial charge < -0.3 is 10.5 Å². The Morgan fingerprint density at radius 1 is 1.23 bits per heavy atom. The molecule has 0 heterocycles. The van der Waals surface area contributed by atoms with Crippen molar-refractivity contribution in [1.29, 1.82) is 10.5 Å². The molecular formula is C25H23N3O2. The zero-order valence-electron chi connectivity index (χ0n) is 16.9. The third-order valence-electron chi connectivity index (χ3n) is 6.38. The minimum absolute atomic E-state index is 0.00767. The molecule has 0 aliphatic heterocycles. The maximum atomic E-state index is 13.3. The van der Waals surface area contributed by atoms with Crippen molar-refractivity contribution in [2.75, 3.05) is 6.61 Å². The van der Waals surface area contributed by atoms with Gasteiger partial charge in [0.05, 0.1) is 23.9 Å². The summed E-state index contributed by atoms with van der Waals surface area (Å²) in [6.07, 6.45) is 4.61. The van der Waals surface area contributed by atoms with E-state index in [1.165, 1.54) is 0 Å². The van der Waals surface area contributed by atoms with E-state index in [1.54, 1.807) is 6.92 Å². The number of allylic oxidation sites excluding steroid dienone is 3. The number of rotatable bonds is 3. The van der Waals surface area contributed by atoms with E-state index in [2.05, 4.69) is 12.1 Å². The first-order valence-corrected chi connectivity index (χ1v) is 10.3. The molecule has 2 aromatic carbocycles. The number of nitriles is 2. The summed E-state index contributed by atoms with van der Waals surface area (Å²) in [5.41, 5.74) is 6.74. The molecule has 2 N–H and O–H groups in total. The number of carbonyl (C=O) groups is 1. The molecule has 30 heavy (non-hydrogen) atoms. The Morgan fingerprint density at radius 3 is 2.73 bits per heavy atom. The van der Waals surface area contributed by atoms with Crippen molar-refractivity contribution >= 4 is 16.7 Å². The monoisotopic (exact) mass is 397 g/mol. The lowest BCUT2D eigenvalue weighted by atomic mass is 9.55. The zero-order chi connectivity index (χ0) is 21.3. The topological polar surface area (TPSA) is 99.9 Å². The van der Waals surface area contributed by atoms with E-state index in [9.17, 15) is 15.3 Å². The first kappa shape index (κ1) is 19.7. The molecule has 0 bridgehead atoms. The first-order valence-electron chi connectivity index (χ1n) is 10.3. The quantitative estimate of drug-likeness (QED) is 0.770. The Hall–Kier alpha value is -3.57. The van der Waals surface area contributed by atoms with Crippen LogP contribution < -0.4 is 5.73 Å². The summed E-state index contributed by atoms with van der Waals surface area (Å²) in [5.74, 6) is -1.37. The van der Waals surface area contributed by atoms with E-state index >= 15 is 0 Å². The van der Waals surface area contributed by atoms with E-state index < -0.39 is 17.3 Å². The minimum atomic E-state index is -1.75. The van der Waals surface area contributed by atoms with Crippen LogP contribution in [0.1, 0.15) is 37.7 Å². The van der Waals surface area contributed by atoms with Crippen molar-refractivity contribution in [2.24, 2.45) is 17.1 Å². The van der Waals surface area contributed by atoms with Gasteiger partial charge in [-0.15, -0.1) is 0 Å². The number of nitrogens with two attached hydrogens (primary N) is 1. The van der Waals surface area contributed by atoms with Gasteiger partial charge in [0.15, 0.2) is 0 Å². The van der Waals surface area contributed by atoms with Gasteiger partial charge in [0, 0.05) is 5.92 Å². The summed E-state index contributed by atoms with van der Waals surface area (Å²) >= 11 is 0. The predicted octanol–water partition coefficient (Wildman–Crippen LogP) is 4.47. The van der Waals surface area contributed by atoms with Crippen LogP contribution in [0.3, 0.4) is 0 Å². The minimum Gasteiger partial charge on any atom is -0.464 e. The maximum absolute atomic E-state index is 13.3. The second-order valence-electron chi connectivity index (χ2n) is 7.78. The SMILES string of the molecule is CCOC(=O)[C@]1(C#N)C(N)=C(C#N)C2=CCCC[C@@H]2[C@@H]1c1cccc2ccccc12. The molecule has 0 unspecified atom stereocenters. The predicted molar refractivity (Wildman–Crippen MR) is 114 cm³/mol. The van der Waals surface area contributed by atoms with Gasteiger partial charge in [-0.3, -0.25) is 0 Å². The van der Waals surface area contributed by atoms with Crippen LogP contribution in [0.25, 0.3) is 10.8 Å². The Kier molecular flexibility index (Phi) is 5.06. The molecule has 4 rings (SSSR count). The molecule has 2 aromatic rings. The van der Waals surface area contributed by atoms with Crippen molar-refractivity contribution in [2.45, 2.75) is 32.1 Å². The number of ether oxygens (including phenoxy) is 1. The largest absolute Gasteiger partial charge is 0.464 e. The maximum Gasteiger partial charge on any atom is 0.333 e. The van der Waals surface area contributed by atoms with Gasteiger partial charge in [-0.05, 0) is 54.0 Å². The molecule has 2 aliphatic carbocycles. The molecule has 5 heteroatoms. The second kappa shape index (κ2) is 7.69. The molecule has 2 aliphatic rings. The molecule has 0 saturated heterocycles. The molecule has 0 aromatic heterocycles. The van der Waals surface area contributed by atoms with Crippen molar-refractivity contribution in [1.82, 2.24) is 0 Å². The van der Waals surface area contributed by atoms with E-state index in [4.69, 9.17) is 10.5 Å². The summed E-state index contributed by atoms with van der Waals surface area (Å²) in [4.78, 5) is 13.3. The van der Waals surface area contributed by atoms with Crippen LogP contribution in [0.4, 0.5) is 0 Å². The Labute approximate surface area is 176 Å².